The van der Waals surface area contributed by atoms with E-state index in [9.17, 15) is 8.78 Å². The number of benzene rings is 1. The van der Waals surface area contributed by atoms with Gasteiger partial charge in [-0.15, -0.1) is 0 Å². The van der Waals surface area contributed by atoms with Gasteiger partial charge in [0.2, 0.25) is 0 Å². The maximum absolute atomic E-state index is 13.3. The van der Waals surface area contributed by atoms with E-state index in [-0.39, 0.29) is 11.2 Å². The SMILES string of the molecule is CC1(C)CNc2ccc(F)c(F)c2N1. The van der Waals surface area contributed by atoms with E-state index in [1.165, 1.54) is 6.07 Å². The second kappa shape index (κ2) is 2.83. The van der Waals surface area contributed by atoms with Crippen LogP contribution < -0.4 is 10.6 Å². The monoisotopic (exact) mass is 198 g/mol. The number of hydrogen-bond donors (Lipinski definition) is 2. The fourth-order valence-corrected chi connectivity index (χ4v) is 1.52. The Balaban J connectivity index is 2.49. The van der Waals surface area contributed by atoms with Crippen molar-refractivity contribution >= 4 is 11.4 Å². The molecule has 0 aromatic heterocycles. The second-order valence-corrected chi connectivity index (χ2v) is 4.15. The summed E-state index contributed by atoms with van der Waals surface area (Å²) in [5.41, 5.74) is 0.575. The van der Waals surface area contributed by atoms with E-state index in [0.29, 0.717) is 12.2 Å². The molecule has 2 rings (SSSR count). The van der Waals surface area contributed by atoms with Gasteiger partial charge in [-0.3, -0.25) is 0 Å². The molecule has 14 heavy (non-hydrogen) atoms. The van der Waals surface area contributed by atoms with Crippen molar-refractivity contribution in [1.29, 1.82) is 0 Å². The lowest BCUT2D eigenvalue weighted by Crippen LogP contribution is -2.42. The first-order valence-corrected chi connectivity index (χ1v) is 4.50. The maximum Gasteiger partial charge on any atom is 0.184 e. The molecule has 0 aliphatic carbocycles. The largest absolute Gasteiger partial charge is 0.381 e. The highest BCUT2D eigenvalue weighted by Gasteiger charge is 2.27. The summed E-state index contributed by atoms with van der Waals surface area (Å²) >= 11 is 0. The van der Waals surface area contributed by atoms with Crippen LogP contribution in [-0.4, -0.2) is 12.1 Å². The molecule has 0 atom stereocenters. The van der Waals surface area contributed by atoms with Crippen molar-refractivity contribution < 1.29 is 8.78 Å². The van der Waals surface area contributed by atoms with Gasteiger partial charge in [-0.2, -0.15) is 0 Å². The normalized spacial score (nSPS) is 18.0. The summed E-state index contributed by atoms with van der Waals surface area (Å²) in [4.78, 5) is 0. The van der Waals surface area contributed by atoms with Crippen LogP contribution in [0.1, 0.15) is 13.8 Å². The zero-order valence-electron chi connectivity index (χ0n) is 8.12. The van der Waals surface area contributed by atoms with E-state index in [4.69, 9.17) is 0 Å². The van der Waals surface area contributed by atoms with Crippen LogP contribution in [0.25, 0.3) is 0 Å². The molecule has 0 spiro atoms. The van der Waals surface area contributed by atoms with E-state index >= 15 is 0 Å². The number of halogens is 2. The zero-order valence-corrected chi connectivity index (χ0v) is 8.12. The van der Waals surface area contributed by atoms with E-state index in [1.807, 2.05) is 13.8 Å². The maximum atomic E-state index is 13.3. The minimum absolute atomic E-state index is 0.223. The minimum Gasteiger partial charge on any atom is -0.381 e. The van der Waals surface area contributed by atoms with E-state index < -0.39 is 11.6 Å². The molecule has 0 fully saturated rings. The van der Waals surface area contributed by atoms with Crippen molar-refractivity contribution in [3.05, 3.63) is 23.8 Å². The molecule has 2 nitrogen and oxygen atoms in total. The average molecular weight is 198 g/mol. The lowest BCUT2D eigenvalue weighted by Gasteiger charge is -2.34. The Labute approximate surface area is 81.3 Å². The summed E-state index contributed by atoms with van der Waals surface area (Å²) in [6, 6.07) is 2.66. The zero-order chi connectivity index (χ0) is 10.3. The molecule has 0 radical (unpaired) electrons. The van der Waals surface area contributed by atoms with Crippen molar-refractivity contribution in [2.75, 3.05) is 17.2 Å². The molecule has 1 aliphatic rings. The van der Waals surface area contributed by atoms with Crippen LogP contribution in [0.2, 0.25) is 0 Å². The highest BCUT2D eigenvalue weighted by atomic mass is 19.2. The summed E-state index contributed by atoms with van der Waals surface area (Å²) in [6.07, 6.45) is 0. The Bertz CT molecular complexity index is 375. The molecule has 4 heteroatoms. The van der Waals surface area contributed by atoms with Crippen molar-refractivity contribution in [2.24, 2.45) is 0 Å². The summed E-state index contributed by atoms with van der Waals surface area (Å²) < 4.78 is 26.3. The summed E-state index contributed by atoms with van der Waals surface area (Å²) in [5, 5.41) is 6.02. The standard InChI is InChI=1S/C10H12F2N2/c1-10(2)5-13-7-4-3-6(11)8(12)9(7)14-10/h3-4,13-14H,5H2,1-2H3. The Morgan fingerprint density at radius 1 is 1.29 bits per heavy atom. The van der Waals surface area contributed by atoms with Crippen molar-refractivity contribution in [1.82, 2.24) is 0 Å². The van der Waals surface area contributed by atoms with Crippen LogP contribution in [0, 0.1) is 11.6 Å². The molecular formula is C10H12F2N2. The lowest BCUT2D eigenvalue weighted by molar-refractivity contribution is 0.501. The third kappa shape index (κ3) is 1.41. The van der Waals surface area contributed by atoms with Gasteiger partial charge in [0.05, 0.1) is 11.4 Å². The minimum atomic E-state index is -0.823. The number of hydrogen-bond acceptors (Lipinski definition) is 2. The van der Waals surface area contributed by atoms with Crippen molar-refractivity contribution in [3.8, 4) is 0 Å². The van der Waals surface area contributed by atoms with Crippen LogP contribution in [0.15, 0.2) is 12.1 Å². The van der Waals surface area contributed by atoms with Crippen LogP contribution in [0.4, 0.5) is 20.2 Å². The Morgan fingerprint density at radius 3 is 2.71 bits per heavy atom. The number of nitrogens with one attached hydrogen (secondary N) is 2. The molecule has 0 bridgehead atoms. The summed E-state index contributed by atoms with van der Waals surface area (Å²) in [5.74, 6) is -1.64. The van der Waals surface area contributed by atoms with Gasteiger partial charge in [0.15, 0.2) is 11.6 Å². The van der Waals surface area contributed by atoms with Gasteiger partial charge in [0, 0.05) is 12.1 Å². The topological polar surface area (TPSA) is 24.1 Å². The van der Waals surface area contributed by atoms with Crippen molar-refractivity contribution in [3.63, 3.8) is 0 Å². The highest BCUT2D eigenvalue weighted by molar-refractivity contribution is 5.72. The molecule has 0 saturated carbocycles. The fraction of sp³-hybridized carbons (Fsp3) is 0.400. The van der Waals surface area contributed by atoms with Gasteiger partial charge >= 0.3 is 0 Å². The van der Waals surface area contributed by atoms with Gasteiger partial charge in [-0.25, -0.2) is 8.78 Å². The fourth-order valence-electron chi connectivity index (χ4n) is 1.52. The third-order valence-electron chi connectivity index (χ3n) is 2.28. The molecule has 1 aromatic carbocycles. The molecule has 0 unspecified atom stereocenters. The first kappa shape index (κ1) is 9.24. The smallest absolute Gasteiger partial charge is 0.184 e. The molecular weight excluding hydrogens is 186 g/mol. The van der Waals surface area contributed by atoms with E-state index in [1.54, 1.807) is 0 Å². The van der Waals surface area contributed by atoms with E-state index in [2.05, 4.69) is 10.6 Å². The van der Waals surface area contributed by atoms with Gasteiger partial charge in [-0.1, -0.05) is 0 Å². The quantitative estimate of drug-likeness (QED) is 0.669. The van der Waals surface area contributed by atoms with Crippen LogP contribution in [0.5, 0.6) is 0 Å². The molecule has 1 heterocycles. The van der Waals surface area contributed by atoms with Crippen LogP contribution in [0.3, 0.4) is 0 Å². The number of fused-ring (bicyclic) bond motifs is 1. The molecule has 0 amide bonds. The Hall–Kier alpha value is -1.32. The molecule has 2 N–H and O–H groups in total. The van der Waals surface area contributed by atoms with Gasteiger partial charge in [-0.05, 0) is 26.0 Å². The Kier molecular flexibility index (Phi) is 1.87. The molecule has 1 aromatic rings. The predicted molar refractivity (Wildman–Crippen MR) is 52.5 cm³/mol. The number of anilines is 2. The van der Waals surface area contributed by atoms with Crippen molar-refractivity contribution in [2.45, 2.75) is 19.4 Å². The lowest BCUT2D eigenvalue weighted by atomic mass is 10.0. The van der Waals surface area contributed by atoms with Gasteiger partial charge in [0.25, 0.3) is 0 Å². The van der Waals surface area contributed by atoms with Crippen LogP contribution in [-0.2, 0) is 0 Å². The van der Waals surface area contributed by atoms with Gasteiger partial charge < -0.3 is 10.6 Å². The molecule has 1 aliphatic heterocycles. The van der Waals surface area contributed by atoms with E-state index in [0.717, 1.165) is 6.07 Å². The predicted octanol–water partition coefficient (Wildman–Crippen LogP) is 2.58. The first-order valence-electron chi connectivity index (χ1n) is 4.50. The summed E-state index contributed by atoms with van der Waals surface area (Å²) in [6.45, 7) is 4.53. The second-order valence-electron chi connectivity index (χ2n) is 4.15. The Morgan fingerprint density at radius 2 is 2.00 bits per heavy atom. The first-order chi connectivity index (χ1) is 6.49. The highest BCUT2D eigenvalue weighted by Crippen LogP contribution is 2.33. The average Bonchev–Trinajstić information content (AvgIpc) is 2.11. The van der Waals surface area contributed by atoms with Crippen LogP contribution >= 0.6 is 0 Å². The molecule has 76 valence electrons. The summed E-state index contributed by atoms with van der Waals surface area (Å²) in [7, 11) is 0. The van der Waals surface area contributed by atoms with Gasteiger partial charge in [0.1, 0.15) is 0 Å². The molecule has 0 saturated heterocycles. The number of rotatable bonds is 0. The third-order valence-corrected chi connectivity index (χ3v) is 2.28.